The highest BCUT2D eigenvalue weighted by atomic mass is 35.5. The molecule has 0 aliphatic carbocycles. The minimum atomic E-state index is -0.734. The number of oxime groups is 1. The molecule has 1 aliphatic rings. The van der Waals surface area contributed by atoms with Gasteiger partial charge in [0.1, 0.15) is 5.75 Å². The molecule has 1 atom stereocenters. The number of hydrogen-bond donors (Lipinski definition) is 1. The highest BCUT2D eigenvalue weighted by molar-refractivity contribution is 6.35. The Morgan fingerprint density at radius 3 is 2.78 bits per heavy atom. The molecule has 1 amide bonds. The zero-order chi connectivity index (χ0) is 22.8. The fraction of sp³-hybridized carbons (Fsp3) is 0.261. The van der Waals surface area contributed by atoms with Gasteiger partial charge in [0.2, 0.25) is 6.10 Å². The van der Waals surface area contributed by atoms with Crippen molar-refractivity contribution in [2.75, 3.05) is 12.4 Å². The molecule has 3 aromatic rings. The Balaban J connectivity index is 1.46. The average Bonchev–Trinajstić information content (AvgIpc) is 3.37. The maximum Gasteiger partial charge on any atom is 0.268 e. The lowest BCUT2D eigenvalue weighted by Gasteiger charge is -2.11. The van der Waals surface area contributed by atoms with Crippen LogP contribution in [0.1, 0.15) is 28.9 Å². The van der Waals surface area contributed by atoms with Crippen LogP contribution in [-0.4, -0.2) is 34.6 Å². The molecule has 2 aromatic carbocycles. The standard InChI is InChI=1S/C23H22Cl2N4O3/c1-13-22(14(2)29(27-13)12-15-8-9-16(24)10-18(15)25)26-23(30)21-11-19(28-32-21)17-6-4-5-7-20(17)31-3/h4-10,21H,11-12H2,1-3H3,(H,26,30). The Hall–Kier alpha value is -3.03. The summed E-state index contributed by atoms with van der Waals surface area (Å²) in [5.74, 6) is 0.402. The smallest absolute Gasteiger partial charge is 0.268 e. The zero-order valence-corrected chi connectivity index (χ0v) is 19.4. The largest absolute Gasteiger partial charge is 0.496 e. The molecule has 1 aliphatic heterocycles. The molecule has 9 heteroatoms. The third kappa shape index (κ3) is 4.45. The first kappa shape index (κ1) is 22.2. The van der Waals surface area contributed by atoms with E-state index in [-0.39, 0.29) is 5.91 Å². The van der Waals surface area contributed by atoms with Crippen molar-refractivity contribution in [1.29, 1.82) is 0 Å². The SMILES string of the molecule is COc1ccccc1C1=NOC(C(=O)Nc2c(C)nn(Cc3ccc(Cl)cc3Cl)c2C)C1. The summed E-state index contributed by atoms with van der Waals surface area (Å²) in [6, 6.07) is 12.9. The molecule has 2 heterocycles. The molecular formula is C23H22Cl2N4O3. The van der Waals surface area contributed by atoms with E-state index in [4.69, 9.17) is 32.8 Å². The van der Waals surface area contributed by atoms with Crippen LogP contribution in [0.2, 0.25) is 10.0 Å². The molecule has 0 spiro atoms. The van der Waals surface area contributed by atoms with Crippen molar-refractivity contribution < 1.29 is 14.4 Å². The Labute approximate surface area is 195 Å². The Kier molecular flexibility index (Phi) is 6.39. The molecular weight excluding hydrogens is 451 g/mol. The van der Waals surface area contributed by atoms with Gasteiger partial charge in [-0.1, -0.05) is 46.6 Å². The summed E-state index contributed by atoms with van der Waals surface area (Å²) in [6.07, 6.45) is -0.387. The molecule has 32 heavy (non-hydrogen) atoms. The van der Waals surface area contributed by atoms with Crippen molar-refractivity contribution in [2.45, 2.75) is 32.9 Å². The van der Waals surface area contributed by atoms with Crippen LogP contribution in [0.3, 0.4) is 0 Å². The van der Waals surface area contributed by atoms with Gasteiger partial charge in [0.15, 0.2) is 0 Å². The third-order valence-corrected chi connectivity index (χ3v) is 5.93. The van der Waals surface area contributed by atoms with Gasteiger partial charge in [-0.3, -0.25) is 9.48 Å². The molecule has 0 bridgehead atoms. The molecule has 166 valence electrons. The molecule has 0 saturated heterocycles. The van der Waals surface area contributed by atoms with Crippen molar-refractivity contribution in [1.82, 2.24) is 9.78 Å². The summed E-state index contributed by atoms with van der Waals surface area (Å²) in [4.78, 5) is 18.3. The summed E-state index contributed by atoms with van der Waals surface area (Å²) in [5.41, 5.74) is 4.52. The number of aromatic nitrogens is 2. The number of benzene rings is 2. The summed E-state index contributed by atoms with van der Waals surface area (Å²) in [5, 5.41) is 12.8. The van der Waals surface area contributed by atoms with Crippen molar-refractivity contribution in [2.24, 2.45) is 5.16 Å². The summed E-state index contributed by atoms with van der Waals surface area (Å²) >= 11 is 12.3. The number of nitrogens with one attached hydrogen (secondary N) is 1. The van der Waals surface area contributed by atoms with Gasteiger partial charge in [-0.15, -0.1) is 0 Å². The van der Waals surface area contributed by atoms with Crippen LogP contribution in [-0.2, 0) is 16.2 Å². The second-order valence-corrected chi connectivity index (χ2v) is 8.31. The van der Waals surface area contributed by atoms with Crippen LogP contribution < -0.4 is 10.1 Å². The Morgan fingerprint density at radius 2 is 2.03 bits per heavy atom. The number of rotatable bonds is 6. The zero-order valence-electron chi connectivity index (χ0n) is 17.9. The van der Waals surface area contributed by atoms with Crippen molar-refractivity contribution in [3.63, 3.8) is 0 Å². The van der Waals surface area contributed by atoms with Gasteiger partial charge < -0.3 is 14.9 Å². The first-order valence-corrected chi connectivity index (χ1v) is 10.8. The number of hydrogen-bond acceptors (Lipinski definition) is 5. The van der Waals surface area contributed by atoms with E-state index in [9.17, 15) is 4.79 Å². The summed E-state index contributed by atoms with van der Waals surface area (Å²) < 4.78 is 7.18. The van der Waals surface area contributed by atoms with Crippen LogP contribution in [0.5, 0.6) is 5.75 Å². The van der Waals surface area contributed by atoms with Crippen LogP contribution in [0, 0.1) is 13.8 Å². The second kappa shape index (κ2) is 9.22. The van der Waals surface area contributed by atoms with Crippen molar-refractivity contribution in [3.8, 4) is 5.75 Å². The highest BCUT2D eigenvalue weighted by Crippen LogP contribution is 2.27. The number of para-hydroxylation sites is 1. The van der Waals surface area contributed by atoms with Gasteiger partial charge in [-0.2, -0.15) is 5.10 Å². The van der Waals surface area contributed by atoms with E-state index < -0.39 is 6.10 Å². The van der Waals surface area contributed by atoms with Crippen LogP contribution in [0.25, 0.3) is 0 Å². The Morgan fingerprint density at radius 1 is 1.25 bits per heavy atom. The van der Waals surface area contributed by atoms with E-state index in [0.717, 1.165) is 16.8 Å². The molecule has 1 unspecified atom stereocenters. The fourth-order valence-electron chi connectivity index (χ4n) is 3.61. The lowest BCUT2D eigenvalue weighted by Crippen LogP contribution is -2.28. The van der Waals surface area contributed by atoms with E-state index in [1.165, 1.54) is 0 Å². The number of amides is 1. The van der Waals surface area contributed by atoms with Gasteiger partial charge >= 0.3 is 0 Å². The van der Waals surface area contributed by atoms with Crippen LogP contribution in [0.4, 0.5) is 5.69 Å². The predicted octanol–water partition coefficient (Wildman–Crippen LogP) is 5.00. The number of carbonyl (C=O) groups excluding carboxylic acids is 1. The summed E-state index contributed by atoms with van der Waals surface area (Å²) in [7, 11) is 1.60. The topological polar surface area (TPSA) is 77.7 Å². The minimum absolute atomic E-state index is 0.283. The van der Waals surface area contributed by atoms with E-state index >= 15 is 0 Å². The van der Waals surface area contributed by atoms with E-state index in [0.29, 0.717) is 45.9 Å². The van der Waals surface area contributed by atoms with E-state index in [2.05, 4.69) is 15.6 Å². The maximum absolute atomic E-state index is 12.9. The van der Waals surface area contributed by atoms with Crippen LogP contribution >= 0.6 is 23.2 Å². The van der Waals surface area contributed by atoms with Gasteiger partial charge in [0, 0.05) is 22.0 Å². The van der Waals surface area contributed by atoms with E-state index in [1.807, 2.05) is 44.2 Å². The normalized spacial score (nSPS) is 15.3. The first-order valence-electron chi connectivity index (χ1n) is 10.0. The third-order valence-electron chi connectivity index (χ3n) is 5.34. The summed E-state index contributed by atoms with van der Waals surface area (Å²) in [6.45, 7) is 4.19. The lowest BCUT2D eigenvalue weighted by atomic mass is 10.0. The molecule has 7 nitrogen and oxygen atoms in total. The maximum atomic E-state index is 12.9. The van der Waals surface area contributed by atoms with Gasteiger partial charge in [0.25, 0.3) is 5.91 Å². The van der Waals surface area contributed by atoms with Gasteiger partial charge in [0.05, 0.1) is 36.4 Å². The number of carbonyl (C=O) groups is 1. The fourth-order valence-corrected chi connectivity index (χ4v) is 4.08. The molecule has 0 saturated carbocycles. The lowest BCUT2D eigenvalue weighted by molar-refractivity contribution is -0.125. The number of ether oxygens (including phenoxy) is 1. The van der Waals surface area contributed by atoms with Crippen molar-refractivity contribution in [3.05, 3.63) is 75.0 Å². The molecule has 1 N–H and O–H groups in total. The number of methoxy groups -OCH3 is 1. The Bertz CT molecular complexity index is 1210. The van der Waals surface area contributed by atoms with Gasteiger partial charge in [-0.05, 0) is 43.7 Å². The first-order chi connectivity index (χ1) is 15.4. The van der Waals surface area contributed by atoms with E-state index in [1.54, 1.807) is 23.9 Å². The molecule has 1 aromatic heterocycles. The molecule has 0 radical (unpaired) electrons. The monoisotopic (exact) mass is 472 g/mol. The van der Waals surface area contributed by atoms with Gasteiger partial charge in [-0.25, -0.2) is 0 Å². The molecule has 0 fully saturated rings. The second-order valence-electron chi connectivity index (χ2n) is 7.46. The van der Waals surface area contributed by atoms with Crippen molar-refractivity contribution >= 4 is 40.5 Å². The predicted molar refractivity (Wildman–Crippen MR) is 125 cm³/mol. The number of aryl methyl sites for hydroxylation is 1. The minimum Gasteiger partial charge on any atom is -0.496 e. The number of halogens is 2. The quantitative estimate of drug-likeness (QED) is 0.547. The molecule has 4 rings (SSSR count). The number of anilines is 1. The van der Waals surface area contributed by atoms with Crippen LogP contribution in [0.15, 0.2) is 47.6 Å². The number of nitrogens with zero attached hydrogens (tertiary/aromatic N) is 3. The average molecular weight is 473 g/mol. The highest BCUT2D eigenvalue weighted by Gasteiger charge is 2.31.